The Kier molecular flexibility index (Phi) is 5.72. The van der Waals surface area contributed by atoms with Crippen molar-refractivity contribution >= 4 is 37.7 Å². The van der Waals surface area contributed by atoms with Gasteiger partial charge in [-0.05, 0) is 36.2 Å². The first-order valence-electron chi connectivity index (χ1n) is 7.22. The molecule has 4 nitrogen and oxygen atoms in total. The van der Waals surface area contributed by atoms with Crippen molar-refractivity contribution in [2.75, 3.05) is 11.9 Å². The number of nitriles is 1. The predicted octanol–water partition coefficient (Wildman–Crippen LogP) is 2.21. The summed E-state index contributed by atoms with van der Waals surface area (Å²) in [7, 11) is 2.05. The van der Waals surface area contributed by atoms with Crippen LogP contribution in [-0.2, 0) is 11.2 Å². The number of hydrogen-bond donors (Lipinski definition) is 2. The van der Waals surface area contributed by atoms with Crippen LogP contribution in [0.3, 0.4) is 0 Å². The summed E-state index contributed by atoms with van der Waals surface area (Å²) in [4.78, 5) is 12.4. The van der Waals surface area contributed by atoms with Crippen molar-refractivity contribution in [2.45, 2.75) is 18.2 Å². The lowest BCUT2D eigenvalue weighted by Gasteiger charge is -2.09. The lowest BCUT2D eigenvalue weighted by molar-refractivity contribution is 0.163. The third-order valence-corrected chi connectivity index (χ3v) is 3.86. The van der Waals surface area contributed by atoms with E-state index in [1.54, 1.807) is 18.2 Å². The third-order valence-electron chi connectivity index (χ3n) is 3.47. The van der Waals surface area contributed by atoms with Crippen molar-refractivity contribution in [3.8, 4) is 6.07 Å². The predicted molar refractivity (Wildman–Crippen MR) is 96.4 cm³/mol. The summed E-state index contributed by atoms with van der Waals surface area (Å²) in [6.07, 6.45) is 0.129. The van der Waals surface area contributed by atoms with E-state index in [4.69, 9.17) is 10.00 Å². The van der Waals surface area contributed by atoms with E-state index in [9.17, 15) is 4.79 Å². The molecule has 0 atom stereocenters. The van der Waals surface area contributed by atoms with Gasteiger partial charge in [0.25, 0.3) is 0 Å². The average Bonchev–Trinajstić information content (AvgIpc) is 2.51. The number of hydrogen-bond acceptors (Lipinski definition) is 4. The zero-order chi connectivity index (χ0) is 16.8. The number of carbonyl (C=O) groups excluding carboxylic acids is 1. The minimum Gasteiger partial charge on any atom is -0.449 e. The minimum absolute atomic E-state index is 0.297. The Morgan fingerprint density at radius 2 is 2.13 bits per heavy atom. The largest absolute Gasteiger partial charge is 0.449 e. The maximum Gasteiger partial charge on any atom is 0.411 e. The van der Waals surface area contributed by atoms with E-state index in [0.29, 0.717) is 29.2 Å². The van der Waals surface area contributed by atoms with Crippen molar-refractivity contribution in [1.82, 2.24) is 0 Å². The molecule has 0 saturated heterocycles. The van der Waals surface area contributed by atoms with Crippen LogP contribution in [0, 0.1) is 18.3 Å². The highest BCUT2D eigenvalue weighted by molar-refractivity contribution is 7.80. The number of nitrogens with zero attached hydrogens (tertiary/aromatic N) is 1. The Balaban J connectivity index is 1.87. The number of thiol groups is 1. The second-order valence-electron chi connectivity index (χ2n) is 5.28. The Morgan fingerprint density at radius 3 is 2.83 bits per heavy atom. The SMILES string of the molecule is Bc1ccc(CCOC(=O)Nc2ccc(S)c(C#N)c2)c(C)c1. The van der Waals surface area contributed by atoms with Crippen LogP contribution in [0.25, 0.3) is 0 Å². The van der Waals surface area contributed by atoms with E-state index in [-0.39, 0.29) is 0 Å². The Morgan fingerprint density at radius 1 is 1.35 bits per heavy atom. The number of aryl methyl sites for hydroxylation is 1. The van der Waals surface area contributed by atoms with Crippen LogP contribution < -0.4 is 10.8 Å². The summed E-state index contributed by atoms with van der Waals surface area (Å²) < 4.78 is 5.19. The fourth-order valence-electron chi connectivity index (χ4n) is 2.24. The molecule has 0 bridgehead atoms. The summed E-state index contributed by atoms with van der Waals surface area (Å²) in [5.41, 5.74) is 4.48. The number of ether oxygens (including phenoxy) is 1. The van der Waals surface area contributed by atoms with Crippen LogP contribution >= 0.6 is 12.6 Å². The number of rotatable bonds is 4. The van der Waals surface area contributed by atoms with Crippen molar-refractivity contribution in [3.05, 3.63) is 53.1 Å². The second-order valence-corrected chi connectivity index (χ2v) is 5.77. The highest BCUT2D eigenvalue weighted by Crippen LogP contribution is 2.18. The first kappa shape index (κ1) is 17.0. The van der Waals surface area contributed by atoms with Gasteiger partial charge in [-0.1, -0.05) is 23.7 Å². The molecule has 6 heteroatoms. The van der Waals surface area contributed by atoms with Gasteiger partial charge in [0.15, 0.2) is 0 Å². The van der Waals surface area contributed by atoms with Gasteiger partial charge >= 0.3 is 6.09 Å². The summed E-state index contributed by atoms with van der Waals surface area (Å²) in [6.45, 7) is 2.34. The molecule has 0 saturated carbocycles. The smallest absolute Gasteiger partial charge is 0.411 e. The summed E-state index contributed by atoms with van der Waals surface area (Å²) in [5, 5.41) is 11.6. The van der Waals surface area contributed by atoms with E-state index >= 15 is 0 Å². The van der Waals surface area contributed by atoms with E-state index in [2.05, 4.69) is 30.1 Å². The van der Waals surface area contributed by atoms with Gasteiger partial charge < -0.3 is 4.74 Å². The number of carbonyl (C=O) groups is 1. The fraction of sp³-hybridized carbons (Fsp3) is 0.176. The highest BCUT2D eigenvalue weighted by atomic mass is 32.1. The lowest BCUT2D eigenvalue weighted by atomic mass is 9.92. The highest BCUT2D eigenvalue weighted by Gasteiger charge is 2.06. The van der Waals surface area contributed by atoms with E-state index < -0.39 is 6.09 Å². The molecular formula is C17H17BN2O2S. The molecule has 116 valence electrons. The number of anilines is 1. The topological polar surface area (TPSA) is 62.1 Å². The maximum absolute atomic E-state index is 11.8. The van der Waals surface area contributed by atoms with Crippen molar-refractivity contribution < 1.29 is 9.53 Å². The minimum atomic E-state index is -0.537. The normalized spacial score (nSPS) is 9.96. The Bertz CT molecular complexity index is 772. The summed E-state index contributed by atoms with van der Waals surface area (Å²) in [6, 6.07) is 13.1. The third kappa shape index (κ3) is 4.80. The molecule has 1 N–H and O–H groups in total. The second kappa shape index (κ2) is 7.75. The molecule has 0 aliphatic heterocycles. The first-order chi connectivity index (χ1) is 11.0. The van der Waals surface area contributed by atoms with Crippen molar-refractivity contribution in [2.24, 2.45) is 0 Å². The maximum atomic E-state index is 11.8. The summed E-state index contributed by atoms with van der Waals surface area (Å²) >= 11 is 4.16. The van der Waals surface area contributed by atoms with Gasteiger partial charge in [-0.3, -0.25) is 5.32 Å². The lowest BCUT2D eigenvalue weighted by Crippen LogP contribution is -2.16. The summed E-state index contributed by atoms with van der Waals surface area (Å²) in [5.74, 6) is 0. The van der Waals surface area contributed by atoms with E-state index in [1.165, 1.54) is 11.0 Å². The molecule has 0 unspecified atom stereocenters. The van der Waals surface area contributed by atoms with Gasteiger partial charge in [-0.2, -0.15) is 5.26 Å². The van der Waals surface area contributed by atoms with Crippen LogP contribution in [0.1, 0.15) is 16.7 Å². The van der Waals surface area contributed by atoms with Crippen molar-refractivity contribution in [3.63, 3.8) is 0 Å². The molecule has 0 spiro atoms. The van der Waals surface area contributed by atoms with Gasteiger partial charge in [-0.25, -0.2) is 4.79 Å². The molecular weight excluding hydrogens is 307 g/mol. The molecule has 23 heavy (non-hydrogen) atoms. The molecule has 0 aliphatic carbocycles. The van der Waals surface area contributed by atoms with Crippen LogP contribution in [0.2, 0.25) is 0 Å². The van der Waals surface area contributed by atoms with E-state index in [0.717, 1.165) is 5.56 Å². The molecule has 2 aromatic carbocycles. The molecule has 0 aliphatic rings. The van der Waals surface area contributed by atoms with Gasteiger partial charge in [-0.15, -0.1) is 12.6 Å². The first-order valence-corrected chi connectivity index (χ1v) is 7.67. The van der Waals surface area contributed by atoms with Crippen LogP contribution in [0.15, 0.2) is 41.3 Å². The molecule has 0 fully saturated rings. The average molecular weight is 324 g/mol. The molecule has 2 rings (SSSR count). The Hall–Kier alpha value is -2.39. The van der Waals surface area contributed by atoms with E-state index in [1.807, 2.05) is 26.9 Å². The van der Waals surface area contributed by atoms with Gasteiger partial charge in [0.2, 0.25) is 0 Å². The number of benzene rings is 2. The van der Waals surface area contributed by atoms with Crippen molar-refractivity contribution in [1.29, 1.82) is 5.26 Å². The molecule has 1 amide bonds. The fourth-order valence-corrected chi connectivity index (χ4v) is 2.43. The zero-order valence-electron chi connectivity index (χ0n) is 13.1. The van der Waals surface area contributed by atoms with Gasteiger partial charge in [0.05, 0.1) is 12.2 Å². The van der Waals surface area contributed by atoms with Crippen LogP contribution in [0.4, 0.5) is 10.5 Å². The Labute approximate surface area is 142 Å². The molecule has 0 radical (unpaired) electrons. The number of nitrogens with one attached hydrogen (secondary N) is 1. The van der Waals surface area contributed by atoms with Gasteiger partial charge in [0.1, 0.15) is 13.9 Å². The zero-order valence-corrected chi connectivity index (χ0v) is 14.0. The van der Waals surface area contributed by atoms with Crippen LogP contribution in [0.5, 0.6) is 0 Å². The quantitative estimate of drug-likeness (QED) is 0.669. The van der Waals surface area contributed by atoms with Gasteiger partial charge in [0, 0.05) is 17.0 Å². The molecule has 0 heterocycles. The standard InChI is InChI=1S/C17H17BN2O2S/c1-11-8-14(18)3-2-12(11)6-7-22-17(21)20-15-4-5-16(23)13(9-15)10-19/h2-5,8-9,23H,6-7,18H2,1H3,(H,20,21). The molecule has 2 aromatic rings. The number of amides is 1. The monoisotopic (exact) mass is 324 g/mol. The van der Waals surface area contributed by atoms with Crippen LogP contribution in [-0.4, -0.2) is 20.5 Å². The molecule has 0 aromatic heterocycles.